The third-order valence-corrected chi connectivity index (χ3v) is 4.67. The molecule has 1 aliphatic carbocycles. The van der Waals surface area contributed by atoms with E-state index >= 15 is 0 Å². The maximum absolute atomic E-state index is 14.5. The lowest BCUT2D eigenvalue weighted by Crippen LogP contribution is -2.41. The molecule has 0 radical (unpaired) electrons. The van der Waals surface area contributed by atoms with Gasteiger partial charge in [-0.05, 0) is 64.3 Å². The average Bonchev–Trinajstić information content (AvgIpc) is 3.24. The summed E-state index contributed by atoms with van der Waals surface area (Å²) in [7, 11) is -0.957. The molecule has 1 aliphatic heterocycles. The summed E-state index contributed by atoms with van der Waals surface area (Å²) in [5.41, 5.74) is 0.170. The number of halogens is 1. The van der Waals surface area contributed by atoms with Crippen LogP contribution in [0.4, 0.5) is 4.39 Å². The van der Waals surface area contributed by atoms with E-state index in [1.807, 2.05) is 52.0 Å². The first-order valence-corrected chi connectivity index (χ1v) is 8.11. The Morgan fingerprint density at radius 2 is 1.87 bits per heavy atom. The van der Waals surface area contributed by atoms with Crippen LogP contribution in [0, 0.1) is 17.8 Å². The van der Waals surface area contributed by atoms with E-state index in [0.717, 1.165) is 11.1 Å². The van der Waals surface area contributed by atoms with E-state index in [4.69, 9.17) is 9.31 Å². The van der Waals surface area contributed by atoms with Crippen molar-refractivity contribution in [1.29, 1.82) is 0 Å². The third kappa shape index (κ3) is 3.68. The van der Waals surface area contributed by atoms with Gasteiger partial charge in [0.2, 0.25) is 0 Å². The molecule has 1 saturated heterocycles. The average molecular weight is 312 g/mol. The first-order chi connectivity index (χ1) is 10.8. The highest BCUT2D eigenvalue weighted by Crippen LogP contribution is 2.39. The second-order valence-electron chi connectivity index (χ2n) is 7.29. The molecule has 0 spiro atoms. The van der Waals surface area contributed by atoms with Crippen LogP contribution in [0.15, 0.2) is 30.0 Å². The summed E-state index contributed by atoms with van der Waals surface area (Å²) in [4.78, 5) is 0. The molecule has 3 rings (SSSR count). The minimum atomic E-state index is -0.957. The van der Waals surface area contributed by atoms with Gasteiger partial charge in [0, 0.05) is 11.5 Å². The Morgan fingerprint density at radius 1 is 1.22 bits per heavy atom. The van der Waals surface area contributed by atoms with E-state index in [1.54, 1.807) is 0 Å². The van der Waals surface area contributed by atoms with Crippen LogP contribution < -0.4 is 0 Å². The zero-order chi connectivity index (χ0) is 16.7. The zero-order valence-electron chi connectivity index (χ0n) is 14.2. The van der Waals surface area contributed by atoms with E-state index in [-0.39, 0.29) is 0 Å². The largest absolute Gasteiger partial charge is 0.525 e. The van der Waals surface area contributed by atoms with Crippen molar-refractivity contribution in [3.05, 3.63) is 41.1 Å². The van der Waals surface area contributed by atoms with E-state index in [9.17, 15) is 4.39 Å². The Morgan fingerprint density at radius 3 is 2.48 bits per heavy atom. The van der Waals surface area contributed by atoms with Gasteiger partial charge in [-0.1, -0.05) is 24.0 Å². The van der Waals surface area contributed by atoms with Crippen LogP contribution in [0.1, 0.15) is 51.7 Å². The molecule has 0 bridgehead atoms. The van der Waals surface area contributed by atoms with Crippen molar-refractivity contribution < 1.29 is 13.7 Å². The van der Waals surface area contributed by atoms with Gasteiger partial charge in [-0.3, -0.25) is 0 Å². The van der Waals surface area contributed by atoms with E-state index in [2.05, 4.69) is 11.8 Å². The predicted octanol–water partition coefficient (Wildman–Crippen LogP) is 4.39. The minimum Gasteiger partial charge on any atom is -0.398 e. The van der Waals surface area contributed by atoms with Crippen LogP contribution in [-0.4, -0.2) is 18.3 Å². The fourth-order valence-electron chi connectivity index (χ4n) is 2.30. The summed E-state index contributed by atoms with van der Waals surface area (Å²) in [5.74, 6) is 6.92. The van der Waals surface area contributed by atoms with Crippen LogP contribution >= 0.6 is 0 Å². The highest BCUT2D eigenvalue weighted by atomic mass is 19.1. The Labute approximate surface area is 138 Å². The zero-order valence-corrected chi connectivity index (χ0v) is 14.2. The van der Waals surface area contributed by atoms with Crippen molar-refractivity contribution in [3.63, 3.8) is 0 Å². The van der Waals surface area contributed by atoms with Crippen LogP contribution in [0.3, 0.4) is 0 Å². The second kappa shape index (κ2) is 5.81. The maximum Gasteiger partial charge on any atom is 0.525 e. The van der Waals surface area contributed by atoms with Crippen molar-refractivity contribution in [2.45, 2.75) is 51.7 Å². The lowest BCUT2D eigenvalue weighted by Gasteiger charge is -2.32. The maximum atomic E-state index is 14.5. The molecule has 23 heavy (non-hydrogen) atoms. The fraction of sp³-hybridized carbons (Fsp3) is 0.474. The van der Waals surface area contributed by atoms with Gasteiger partial charge in [-0.25, -0.2) is 4.39 Å². The Kier molecular flexibility index (Phi) is 4.12. The summed E-state index contributed by atoms with van der Waals surface area (Å²) in [5, 5.41) is 0. The van der Waals surface area contributed by atoms with E-state index in [0.29, 0.717) is 5.92 Å². The monoisotopic (exact) mass is 312 g/mol. The standard InChI is InChI=1S/C19H22BFO2/c1-18(2)19(3,4)23-20(22-18)17(21)13-16-7-5-6-15(12-16)11-10-14-8-9-14/h5-7,12-14H,8-9H2,1-4H3. The van der Waals surface area contributed by atoms with Crippen LogP contribution in [-0.2, 0) is 9.31 Å². The molecule has 1 heterocycles. The summed E-state index contributed by atoms with van der Waals surface area (Å²) >= 11 is 0. The number of hydrogen-bond donors (Lipinski definition) is 0. The summed E-state index contributed by atoms with van der Waals surface area (Å²) in [6, 6.07) is 7.58. The highest BCUT2D eigenvalue weighted by Gasteiger charge is 2.53. The lowest BCUT2D eigenvalue weighted by atomic mass is 9.86. The lowest BCUT2D eigenvalue weighted by molar-refractivity contribution is 0.00578. The van der Waals surface area contributed by atoms with Crippen molar-refractivity contribution in [2.24, 2.45) is 5.92 Å². The molecule has 0 aromatic heterocycles. The molecule has 1 aromatic rings. The van der Waals surface area contributed by atoms with Gasteiger partial charge < -0.3 is 9.31 Å². The van der Waals surface area contributed by atoms with Gasteiger partial charge in [0.1, 0.15) is 5.73 Å². The molecule has 4 heteroatoms. The molecular formula is C19H22BFO2. The number of rotatable bonds is 2. The van der Waals surface area contributed by atoms with Gasteiger partial charge in [0.05, 0.1) is 11.2 Å². The predicted molar refractivity (Wildman–Crippen MR) is 91.2 cm³/mol. The minimum absolute atomic E-state index is 0.420. The van der Waals surface area contributed by atoms with Crippen molar-refractivity contribution in [1.82, 2.24) is 0 Å². The number of benzene rings is 1. The van der Waals surface area contributed by atoms with Crippen LogP contribution in [0.2, 0.25) is 0 Å². The summed E-state index contributed by atoms with van der Waals surface area (Å²) < 4.78 is 26.0. The molecule has 2 aliphatic rings. The normalized spacial score (nSPS) is 22.7. The fourth-order valence-corrected chi connectivity index (χ4v) is 2.30. The van der Waals surface area contributed by atoms with Crippen LogP contribution in [0.5, 0.6) is 0 Å². The van der Waals surface area contributed by atoms with Gasteiger partial charge in [0.15, 0.2) is 0 Å². The van der Waals surface area contributed by atoms with Crippen molar-refractivity contribution >= 4 is 13.2 Å². The second-order valence-corrected chi connectivity index (χ2v) is 7.29. The molecule has 0 unspecified atom stereocenters. The quantitative estimate of drug-likeness (QED) is 0.595. The molecular weight excluding hydrogens is 290 g/mol. The highest BCUT2D eigenvalue weighted by molar-refractivity contribution is 6.54. The molecule has 0 atom stereocenters. The Hall–Kier alpha value is -1.57. The van der Waals surface area contributed by atoms with Gasteiger partial charge >= 0.3 is 7.12 Å². The Bertz CT molecular complexity index is 677. The Balaban J connectivity index is 1.76. The summed E-state index contributed by atoms with van der Waals surface area (Å²) in [6.45, 7) is 7.64. The summed E-state index contributed by atoms with van der Waals surface area (Å²) in [6.07, 6.45) is 3.86. The molecule has 1 saturated carbocycles. The molecule has 120 valence electrons. The molecule has 2 nitrogen and oxygen atoms in total. The first-order valence-electron chi connectivity index (χ1n) is 8.11. The topological polar surface area (TPSA) is 18.5 Å². The van der Waals surface area contributed by atoms with E-state index in [1.165, 1.54) is 18.9 Å². The van der Waals surface area contributed by atoms with Gasteiger partial charge in [0.25, 0.3) is 0 Å². The third-order valence-electron chi connectivity index (χ3n) is 4.67. The van der Waals surface area contributed by atoms with Crippen molar-refractivity contribution in [2.75, 3.05) is 0 Å². The smallest absolute Gasteiger partial charge is 0.398 e. The molecule has 2 fully saturated rings. The van der Waals surface area contributed by atoms with Crippen molar-refractivity contribution in [3.8, 4) is 11.8 Å². The molecule has 1 aromatic carbocycles. The SMILES string of the molecule is CC1(C)OB(C(F)=Cc2cccc(C#CC3CC3)c2)OC1(C)C. The number of hydrogen-bond acceptors (Lipinski definition) is 2. The van der Waals surface area contributed by atoms with E-state index < -0.39 is 24.0 Å². The molecule has 0 amide bonds. The van der Waals surface area contributed by atoms with Gasteiger partial charge in [-0.2, -0.15) is 0 Å². The van der Waals surface area contributed by atoms with Gasteiger partial charge in [-0.15, -0.1) is 0 Å². The van der Waals surface area contributed by atoms with Crippen LogP contribution in [0.25, 0.3) is 6.08 Å². The first kappa shape index (κ1) is 16.3. The molecule has 0 N–H and O–H groups in total.